The lowest BCUT2D eigenvalue weighted by molar-refractivity contribution is 0.0697. The normalized spacial score (nSPS) is 11.0. The summed E-state index contributed by atoms with van der Waals surface area (Å²) in [5, 5.41) is 20.7. The standard InChI is InChI=1S/C28H18O5/c1-2-16-3-5-17(6-4-16)18-7-10-21(24(13-18)28(31)32)27-22-11-8-19(29)14-25(22)33-26-15-20(30)9-12-23(26)27/h2-15,29H,1H2,(H,31,32). The number of benzene rings is 4. The third kappa shape index (κ3) is 3.55. The molecule has 2 N–H and O–H groups in total. The van der Waals surface area contributed by atoms with Crippen molar-refractivity contribution in [3.05, 3.63) is 107 Å². The maximum absolute atomic E-state index is 12.3. The van der Waals surface area contributed by atoms with Gasteiger partial charge in [0.05, 0.1) is 5.56 Å². The molecule has 0 radical (unpaired) electrons. The van der Waals surface area contributed by atoms with Crippen LogP contribution in [-0.2, 0) is 0 Å². The highest BCUT2D eigenvalue weighted by Crippen LogP contribution is 2.42. The van der Waals surface area contributed by atoms with Crippen LogP contribution < -0.4 is 5.43 Å². The maximum atomic E-state index is 12.3. The molecule has 1 aliphatic heterocycles. The van der Waals surface area contributed by atoms with Crippen molar-refractivity contribution >= 4 is 23.0 Å². The van der Waals surface area contributed by atoms with E-state index in [1.165, 1.54) is 24.3 Å². The van der Waals surface area contributed by atoms with Crippen LogP contribution in [0.25, 0.3) is 50.6 Å². The summed E-state index contributed by atoms with van der Waals surface area (Å²) in [5.41, 5.74) is 4.58. The van der Waals surface area contributed by atoms with Gasteiger partial charge in [0.25, 0.3) is 0 Å². The monoisotopic (exact) mass is 434 g/mol. The van der Waals surface area contributed by atoms with E-state index in [9.17, 15) is 19.8 Å². The average Bonchev–Trinajstić information content (AvgIpc) is 2.82. The number of rotatable bonds is 4. The molecule has 160 valence electrons. The van der Waals surface area contributed by atoms with Crippen LogP contribution in [0.5, 0.6) is 5.75 Å². The highest BCUT2D eigenvalue weighted by atomic mass is 16.4. The van der Waals surface area contributed by atoms with Gasteiger partial charge in [-0.1, -0.05) is 49.1 Å². The van der Waals surface area contributed by atoms with Crippen LogP contribution in [0.1, 0.15) is 15.9 Å². The fraction of sp³-hybridized carbons (Fsp3) is 0. The zero-order valence-corrected chi connectivity index (χ0v) is 17.4. The number of carbonyl (C=O) groups is 1. The van der Waals surface area contributed by atoms with E-state index < -0.39 is 5.97 Å². The Morgan fingerprint density at radius 3 is 2.30 bits per heavy atom. The van der Waals surface area contributed by atoms with Gasteiger partial charge in [0, 0.05) is 28.6 Å². The summed E-state index contributed by atoms with van der Waals surface area (Å²) in [6, 6.07) is 22.0. The predicted molar refractivity (Wildman–Crippen MR) is 129 cm³/mol. The summed E-state index contributed by atoms with van der Waals surface area (Å²) in [6.07, 6.45) is 1.75. The third-order valence-corrected chi connectivity index (χ3v) is 5.68. The van der Waals surface area contributed by atoms with Crippen molar-refractivity contribution in [2.75, 3.05) is 0 Å². The number of phenolic OH excluding ortho intramolecular Hbond substituents is 1. The summed E-state index contributed by atoms with van der Waals surface area (Å²) < 4.78 is 5.87. The first-order valence-electron chi connectivity index (χ1n) is 10.2. The number of carboxylic acid groups (broad SMARTS) is 1. The van der Waals surface area contributed by atoms with Gasteiger partial charge in [-0.15, -0.1) is 0 Å². The predicted octanol–water partition coefficient (Wildman–Crippen LogP) is 6.28. The largest absolute Gasteiger partial charge is 0.508 e. The zero-order valence-electron chi connectivity index (χ0n) is 17.4. The molecule has 2 aliphatic rings. The lowest BCUT2D eigenvalue weighted by Crippen LogP contribution is -2.04. The van der Waals surface area contributed by atoms with Gasteiger partial charge in [0.1, 0.15) is 17.1 Å². The van der Waals surface area contributed by atoms with E-state index in [4.69, 9.17) is 4.42 Å². The summed E-state index contributed by atoms with van der Waals surface area (Å²) in [7, 11) is 0. The van der Waals surface area contributed by atoms with Gasteiger partial charge in [0.2, 0.25) is 0 Å². The SMILES string of the molecule is C=Cc1ccc(-c2ccc(-c3c4ccc(=O)cc-4oc4cc(O)ccc34)c(C(=O)O)c2)cc1. The van der Waals surface area contributed by atoms with E-state index in [0.29, 0.717) is 33.4 Å². The van der Waals surface area contributed by atoms with Crippen molar-refractivity contribution in [3.8, 4) is 39.3 Å². The van der Waals surface area contributed by atoms with E-state index in [0.717, 1.165) is 16.7 Å². The number of aromatic hydroxyl groups is 1. The van der Waals surface area contributed by atoms with E-state index in [2.05, 4.69) is 6.58 Å². The molecule has 0 bridgehead atoms. The van der Waals surface area contributed by atoms with Crippen molar-refractivity contribution in [1.82, 2.24) is 0 Å². The highest BCUT2D eigenvalue weighted by Gasteiger charge is 2.22. The summed E-state index contributed by atoms with van der Waals surface area (Å²) in [6.45, 7) is 3.76. The zero-order chi connectivity index (χ0) is 23.1. The molecule has 5 nitrogen and oxygen atoms in total. The second kappa shape index (κ2) is 7.80. The molecule has 5 rings (SSSR count). The van der Waals surface area contributed by atoms with E-state index in [-0.39, 0.29) is 16.7 Å². The maximum Gasteiger partial charge on any atom is 0.336 e. The molecule has 0 spiro atoms. The topological polar surface area (TPSA) is 87.7 Å². The van der Waals surface area contributed by atoms with Gasteiger partial charge in [-0.2, -0.15) is 0 Å². The van der Waals surface area contributed by atoms with E-state index in [1.807, 2.05) is 30.3 Å². The molecule has 0 aromatic heterocycles. The molecule has 33 heavy (non-hydrogen) atoms. The number of carboxylic acids is 1. The van der Waals surface area contributed by atoms with Crippen molar-refractivity contribution in [3.63, 3.8) is 0 Å². The lowest BCUT2D eigenvalue weighted by atomic mass is 9.89. The third-order valence-electron chi connectivity index (χ3n) is 5.68. The molecule has 3 aromatic rings. The summed E-state index contributed by atoms with van der Waals surface area (Å²) >= 11 is 0. The Morgan fingerprint density at radius 1 is 0.848 bits per heavy atom. The van der Waals surface area contributed by atoms with Crippen LogP contribution in [0.2, 0.25) is 0 Å². The molecular formula is C28H18O5. The Balaban J connectivity index is 1.81. The second-order valence-electron chi connectivity index (χ2n) is 7.71. The van der Waals surface area contributed by atoms with Crippen LogP contribution in [0.3, 0.4) is 0 Å². The van der Waals surface area contributed by atoms with Crippen LogP contribution in [0.15, 0.2) is 94.7 Å². The lowest BCUT2D eigenvalue weighted by Gasteiger charge is -2.17. The number of hydrogen-bond acceptors (Lipinski definition) is 4. The van der Waals surface area contributed by atoms with Gasteiger partial charge in [-0.05, 0) is 52.6 Å². The molecule has 0 atom stereocenters. The Hall–Kier alpha value is -4.64. The first-order valence-corrected chi connectivity index (χ1v) is 10.2. The Morgan fingerprint density at radius 2 is 1.58 bits per heavy atom. The molecule has 3 aromatic carbocycles. The smallest absolute Gasteiger partial charge is 0.336 e. The number of aromatic carboxylic acids is 1. The Kier molecular flexibility index (Phi) is 4.79. The molecule has 0 unspecified atom stereocenters. The van der Waals surface area contributed by atoms with E-state index >= 15 is 0 Å². The van der Waals surface area contributed by atoms with Crippen molar-refractivity contribution in [2.45, 2.75) is 0 Å². The van der Waals surface area contributed by atoms with Crippen molar-refractivity contribution < 1.29 is 19.4 Å². The van der Waals surface area contributed by atoms with Gasteiger partial charge >= 0.3 is 5.97 Å². The fourth-order valence-corrected chi connectivity index (χ4v) is 4.08. The Bertz CT molecular complexity index is 1580. The van der Waals surface area contributed by atoms with Gasteiger partial charge in [-0.3, -0.25) is 4.79 Å². The van der Waals surface area contributed by atoms with Crippen LogP contribution in [0.4, 0.5) is 0 Å². The number of hydrogen-bond donors (Lipinski definition) is 2. The van der Waals surface area contributed by atoms with Crippen LogP contribution >= 0.6 is 0 Å². The van der Waals surface area contributed by atoms with Crippen LogP contribution in [0, 0.1) is 0 Å². The van der Waals surface area contributed by atoms with Crippen molar-refractivity contribution in [2.24, 2.45) is 0 Å². The minimum atomic E-state index is -1.07. The van der Waals surface area contributed by atoms with Gasteiger partial charge in [-0.25, -0.2) is 4.79 Å². The molecule has 5 heteroatoms. The highest BCUT2D eigenvalue weighted by molar-refractivity contribution is 6.08. The summed E-state index contributed by atoms with van der Waals surface area (Å²) in [5.74, 6) is -0.751. The summed E-state index contributed by atoms with van der Waals surface area (Å²) in [4.78, 5) is 24.3. The molecule has 1 heterocycles. The first-order chi connectivity index (χ1) is 15.9. The molecule has 0 saturated heterocycles. The molecular weight excluding hydrogens is 416 g/mol. The van der Waals surface area contributed by atoms with Crippen molar-refractivity contribution in [1.29, 1.82) is 0 Å². The van der Waals surface area contributed by atoms with Gasteiger partial charge < -0.3 is 14.6 Å². The molecule has 0 fully saturated rings. The minimum absolute atomic E-state index is 0.00612. The van der Waals surface area contributed by atoms with Crippen LogP contribution in [-0.4, -0.2) is 16.2 Å². The minimum Gasteiger partial charge on any atom is -0.508 e. The average molecular weight is 434 g/mol. The van der Waals surface area contributed by atoms with E-state index in [1.54, 1.807) is 30.3 Å². The number of fused-ring (bicyclic) bond motifs is 2. The number of phenols is 1. The molecule has 1 aliphatic carbocycles. The molecule has 0 saturated carbocycles. The molecule has 0 amide bonds. The Labute approximate surface area is 188 Å². The van der Waals surface area contributed by atoms with Gasteiger partial charge in [0.15, 0.2) is 5.43 Å². The quantitative estimate of drug-likeness (QED) is 0.325. The second-order valence-corrected chi connectivity index (χ2v) is 7.71. The fourth-order valence-electron chi connectivity index (χ4n) is 4.08. The first kappa shape index (κ1) is 20.3.